The summed E-state index contributed by atoms with van der Waals surface area (Å²) in [5.74, 6) is 0. The van der Waals surface area contributed by atoms with Crippen LogP contribution in [-0.4, -0.2) is 18.0 Å². The topological polar surface area (TPSA) is 3.24 Å². The predicted molar refractivity (Wildman–Crippen MR) is 57.8 cm³/mol. The number of rotatable bonds is 4. The van der Waals surface area contributed by atoms with E-state index in [0.717, 1.165) is 19.6 Å². The van der Waals surface area contributed by atoms with E-state index >= 15 is 0 Å². The van der Waals surface area contributed by atoms with Crippen LogP contribution in [0.5, 0.6) is 0 Å². The molecule has 13 heavy (non-hydrogen) atoms. The van der Waals surface area contributed by atoms with Crippen LogP contribution < -0.4 is 0 Å². The second-order valence-corrected chi connectivity index (χ2v) is 3.45. The van der Waals surface area contributed by atoms with E-state index in [2.05, 4.69) is 49.9 Å². The van der Waals surface area contributed by atoms with Crippen LogP contribution >= 0.6 is 0 Å². The van der Waals surface area contributed by atoms with Gasteiger partial charge in [0.1, 0.15) is 0 Å². The minimum Gasteiger partial charge on any atom is -0.300 e. The third-order valence-electron chi connectivity index (χ3n) is 2.38. The zero-order chi connectivity index (χ0) is 9.68. The molecular formula is C12H19N. The number of hydrogen-bond donors (Lipinski definition) is 0. The Morgan fingerprint density at radius 1 is 1.15 bits per heavy atom. The monoisotopic (exact) mass is 177 g/mol. The number of aryl methyl sites for hydroxylation is 1. The lowest BCUT2D eigenvalue weighted by Gasteiger charge is -2.17. The average molecular weight is 177 g/mol. The minimum atomic E-state index is 1.08. The van der Waals surface area contributed by atoms with E-state index in [1.165, 1.54) is 11.1 Å². The predicted octanol–water partition coefficient (Wildman–Crippen LogP) is 2.84. The van der Waals surface area contributed by atoms with E-state index < -0.39 is 0 Å². The lowest BCUT2D eigenvalue weighted by molar-refractivity contribution is 0.296. The van der Waals surface area contributed by atoms with Crippen LogP contribution in [0.3, 0.4) is 0 Å². The fourth-order valence-corrected chi connectivity index (χ4v) is 1.52. The molecule has 0 amide bonds. The highest BCUT2D eigenvalue weighted by atomic mass is 15.1. The summed E-state index contributed by atoms with van der Waals surface area (Å²) in [6.07, 6.45) is 0. The van der Waals surface area contributed by atoms with Crippen LogP contribution in [0.15, 0.2) is 24.3 Å². The molecule has 0 N–H and O–H groups in total. The van der Waals surface area contributed by atoms with Crippen molar-refractivity contribution in [3.8, 4) is 0 Å². The molecule has 0 radical (unpaired) electrons. The molecule has 1 heteroatoms. The zero-order valence-corrected chi connectivity index (χ0v) is 8.88. The van der Waals surface area contributed by atoms with Gasteiger partial charge in [-0.05, 0) is 25.6 Å². The molecule has 0 unspecified atom stereocenters. The summed E-state index contributed by atoms with van der Waals surface area (Å²) in [5, 5.41) is 0. The normalized spacial score (nSPS) is 10.8. The quantitative estimate of drug-likeness (QED) is 0.683. The summed E-state index contributed by atoms with van der Waals surface area (Å²) < 4.78 is 0. The highest BCUT2D eigenvalue weighted by Gasteiger charge is 1.99. The number of benzene rings is 1. The molecule has 0 bridgehead atoms. The summed E-state index contributed by atoms with van der Waals surface area (Å²) >= 11 is 0. The molecule has 0 spiro atoms. The SMILES string of the molecule is CCN(CC)Cc1cccc(C)c1. The van der Waals surface area contributed by atoms with Gasteiger partial charge in [0.2, 0.25) is 0 Å². The van der Waals surface area contributed by atoms with Crippen LogP contribution in [-0.2, 0) is 6.54 Å². The van der Waals surface area contributed by atoms with Gasteiger partial charge in [-0.15, -0.1) is 0 Å². The van der Waals surface area contributed by atoms with E-state index in [-0.39, 0.29) is 0 Å². The molecule has 0 heterocycles. The highest BCUT2D eigenvalue weighted by molar-refractivity contribution is 5.21. The van der Waals surface area contributed by atoms with Gasteiger partial charge in [-0.25, -0.2) is 0 Å². The molecular weight excluding hydrogens is 158 g/mol. The molecule has 72 valence electrons. The molecule has 1 nitrogen and oxygen atoms in total. The first-order valence-corrected chi connectivity index (χ1v) is 5.04. The van der Waals surface area contributed by atoms with Crippen LogP contribution in [0.25, 0.3) is 0 Å². The molecule has 0 aliphatic carbocycles. The van der Waals surface area contributed by atoms with Crippen LogP contribution in [0.2, 0.25) is 0 Å². The summed E-state index contributed by atoms with van der Waals surface area (Å²) in [5.41, 5.74) is 2.77. The van der Waals surface area contributed by atoms with Gasteiger partial charge in [-0.2, -0.15) is 0 Å². The maximum atomic E-state index is 2.43. The number of hydrogen-bond acceptors (Lipinski definition) is 1. The Morgan fingerprint density at radius 3 is 2.38 bits per heavy atom. The summed E-state index contributed by atoms with van der Waals surface area (Å²) in [4.78, 5) is 2.43. The molecule has 1 rings (SSSR count). The summed E-state index contributed by atoms with van der Waals surface area (Å²) in [6.45, 7) is 9.90. The van der Waals surface area contributed by atoms with Crippen molar-refractivity contribution < 1.29 is 0 Å². The van der Waals surface area contributed by atoms with Crippen molar-refractivity contribution in [2.75, 3.05) is 13.1 Å². The Hall–Kier alpha value is -0.820. The van der Waals surface area contributed by atoms with E-state index in [4.69, 9.17) is 0 Å². The lowest BCUT2D eigenvalue weighted by Crippen LogP contribution is -2.22. The van der Waals surface area contributed by atoms with Gasteiger partial charge in [0.05, 0.1) is 0 Å². The summed E-state index contributed by atoms with van der Waals surface area (Å²) in [6, 6.07) is 8.74. The van der Waals surface area contributed by atoms with E-state index in [1.807, 2.05) is 0 Å². The Labute approximate surface area is 81.4 Å². The van der Waals surface area contributed by atoms with Crippen molar-refractivity contribution in [1.82, 2.24) is 4.90 Å². The molecule has 0 aliphatic rings. The first-order chi connectivity index (χ1) is 6.26. The van der Waals surface area contributed by atoms with Crippen molar-refractivity contribution in [2.24, 2.45) is 0 Å². The summed E-state index contributed by atoms with van der Waals surface area (Å²) in [7, 11) is 0. The molecule has 0 atom stereocenters. The van der Waals surface area contributed by atoms with Gasteiger partial charge < -0.3 is 0 Å². The van der Waals surface area contributed by atoms with Crippen molar-refractivity contribution in [3.05, 3.63) is 35.4 Å². The lowest BCUT2D eigenvalue weighted by atomic mass is 10.1. The third kappa shape index (κ3) is 3.19. The fraction of sp³-hybridized carbons (Fsp3) is 0.500. The minimum absolute atomic E-state index is 1.08. The first kappa shape index (κ1) is 10.3. The second kappa shape index (κ2) is 5.03. The molecule has 0 aliphatic heterocycles. The van der Waals surface area contributed by atoms with Crippen molar-refractivity contribution >= 4 is 0 Å². The molecule has 0 fully saturated rings. The molecule has 1 aromatic carbocycles. The van der Waals surface area contributed by atoms with Gasteiger partial charge in [-0.3, -0.25) is 4.90 Å². The number of nitrogens with zero attached hydrogens (tertiary/aromatic N) is 1. The van der Waals surface area contributed by atoms with Gasteiger partial charge >= 0.3 is 0 Å². The molecule has 0 saturated heterocycles. The Balaban J connectivity index is 2.62. The van der Waals surface area contributed by atoms with E-state index in [0.29, 0.717) is 0 Å². The van der Waals surface area contributed by atoms with Gasteiger partial charge in [0.25, 0.3) is 0 Å². The fourth-order valence-electron chi connectivity index (χ4n) is 1.52. The zero-order valence-electron chi connectivity index (χ0n) is 8.88. The van der Waals surface area contributed by atoms with Crippen LogP contribution in [0.1, 0.15) is 25.0 Å². The Bertz CT molecular complexity index is 251. The Kier molecular flexibility index (Phi) is 3.97. The van der Waals surface area contributed by atoms with Gasteiger partial charge in [0.15, 0.2) is 0 Å². The average Bonchev–Trinajstić information content (AvgIpc) is 2.14. The van der Waals surface area contributed by atoms with Crippen molar-refractivity contribution in [2.45, 2.75) is 27.3 Å². The third-order valence-corrected chi connectivity index (χ3v) is 2.38. The Morgan fingerprint density at radius 2 is 1.85 bits per heavy atom. The van der Waals surface area contributed by atoms with Gasteiger partial charge in [-0.1, -0.05) is 43.7 Å². The van der Waals surface area contributed by atoms with Crippen LogP contribution in [0, 0.1) is 6.92 Å². The van der Waals surface area contributed by atoms with E-state index in [9.17, 15) is 0 Å². The second-order valence-electron chi connectivity index (χ2n) is 3.45. The van der Waals surface area contributed by atoms with Crippen LogP contribution in [0.4, 0.5) is 0 Å². The van der Waals surface area contributed by atoms with Gasteiger partial charge in [0, 0.05) is 6.54 Å². The maximum Gasteiger partial charge on any atom is 0.0233 e. The van der Waals surface area contributed by atoms with Crippen molar-refractivity contribution in [3.63, 3.8) is 0 Å². The first-order valence-electron chi connectivity index (χ1n) is 5.04. The van der Waals surface area contributed by atoms with Crippen molar-refractivity contribution in [1.29, 1.82) is 0 Å². The standard InChI is InChI=1S/C12H19N/c1-4-13(5-2)10-12-8-6-7-11(3)9-12/h6-9H,4-5,10H2,1-3H3. The molecule has 0 saturated carbocycles. The van der Waals surface area contributed by atoms with E-state index in [1.54, 1.807) is 0 Å². The highest BCUT2D eigenvalue weighted by Crippen LogP contribution is 2.06. The largest absolute Gasteiger partial charge is 0.300 e. The maximum absolute atomic E-state index is 2.43. The molecule has 1 aromatic rings. The smallest absolute Gasteiger partial charge is 0.0233 e. The molecule has 0 aromatic heterocycles.